The Morgan fingerprint density at radius 2 is 2.10 bits per heavy atom. The van der Waals surface area contributed by atoms with E-state index in [0.717, 1.165) is 18.5 Å². The van der Waals surface area contributed by atoms with Gasteiger partial charge in [0.25, 0.3) is 0 Å². The van der Waals surface area contributed by atoms with Crippen molar-refractivity contribution < 1.29 is 8.42 Å². The molecule has 1 aliphatic rings. The highest BCUT2D eigenvalue weighted by Crippen LogP contribution is 2.24. The van der Waals surface area contributed by atoms with E-state index in [0.29, 0.717) is 24.1 Å². The Hall–Kier alpha value is -0.700. The van der Waals surface area contributed by atoms with Gasteiger partial charge in [-0.05, 0) is 32.7 Å². The quantitative estimate of drug-likeness (QED) is 0.868. The molecule has 0 bridgehead atoms. The number of hydrogen-bond acceptors (Lipinski definition) is 5. The minimum atomic E-state index is -3.47. The van der Waals surface area contributed by atoms with Crippen LogP contribution in [-0.4, -0.2) is 37.8 Å². The Balaban J connectivity index is 2.03. The van der Waals surface area contributed by atoms with Crippen molar-refractivity contribution in [1.82, 2.24) is 14.6 Å². The molecule has 0 aromatic carbocycles. The third-order valence-electron chi connectivity index (χ3n) is 3.70. The summed E-state index contributed by atoms with van der Waals surface area (Å²) >= 11 is 1.32. The maximum atomic E-state index is 12.3. The number of rotatable bonds is 5. The van der Waals surface area contributed by atoms with Gasteiger partial charge in [-0.2, -0.15) is 12.7 Å². The first-order valence-corrected chi connectivity index (χ1v) is 9.15. The zero-order chi connectivity index (χ0) is 14.8. The molecule has 1 atom stereocenters. The van der Waals surface area contributed by atoms with E-state index in [9.17, 15) is 8.42 Å². The molecule has 0 spiro atoms. The van der Waals surface area contributed by atoms with Crippen molar-refractivity contribution in [3.05, 3.63) is 11.1 Å². The smallest absolute Gasteiger partial charge is 0.303 e. The SMILES string of the molecule is CNC(C)c1csc(NS(=O)(=O)N2CCC(C)CC2)n1. The Labute approximate surface area is 124 Å². The second-order valence-electron chi connectivity index (χ2n) is 5.28. The Morgan fingerprint density at radius 3 is 2.70 bits per heavy atom. The highest BCUT2D eigenvalue weighted by molar-refractivity contribution is 7.90. The van der Waals surface area contributed by atoms with Crippen LogP contribution in [0.15, 0.2) is 5.38 Å². The highest BCUT2D eigenvalue weighted by atomic mass is 32.2. The van der Waals surface area contributed by atoms with Gasteiger partial charge >= 0.3 is 10.2 Å². The van der Waals surface area contributed by atoms with Gasteiger partial charge in [-0.15, -0.1) is 11.3 Å². The minimum absolute atomic E-state index is 0.111. The molecule has 1 aromatic rings. The summed E-state index contributed by atoms with van der Waals surface area (Å²) in [6.07, 6.45) is 1.83. The van der Waals surface area contributed by atoms with Crippen LogP contribution in [0.4, 0.5) is 5.13 Å². The molecular formula is C12H22N4O2S2. The molecule has 1 saturated heterocycles. The zero-order valence-corrected chi connectivity index (χ0v) is 13.7. The van der Waals surface area contributed by atoms with Crippen molar-refractivity contribution in [2.24, 2.45) is 5.92 Å². The van der Waals surface area contributed by atoms with Crippen LogP contribution in [0, 0.1) is 5.92 Å². The largest absolute Gasteiger partial charge is 0.312 e. The number of anilines is 1. The van der Waals surface area contributed by atoms with Gasteiger partial charge in [0, 0.05) is 24.5 Å². The van der Waals surface area contributed by atoms with Gasteiger partial charge in [0.2, 0.25) is 0 Å². The van der Waals surface area contributed by atoms with Crippen LogP contribution in [0.3, 0.4) is 0 Å². The van der Waals surface area contributed by atoms with Crippen molar-refractivity contribution in [3.63, 3.8) is 0 Å². The monoisotopic (exact) mass is 318 g/mol. The van der Waals surface area contributed by atoms with E-state index in [4.69, 9.17) is 0 Å². The molecule has 2 N–H and O–H groups in total. The third-order valence-corrected chi connectivity index (χ3v) is 6.10. The van der Waals surface area contributed by atoms with E-state index in [2.05, 4.69) is 21.9 Å². The average Bonchev–Trinajstić information content (AvgIpc) is 2.86. The lowest BCUT2D eigenvalue weighted by atomic mass is 10.0. The maximum absolute atomic E-state index is 12.3. The lowest BCUT2D eigenvalue weighted by molar-refractivity contribution is 0.289. The summed E-state index contributed by atoms with van der Waals surface area (Å²) in [6, 6.07) is 0.111. The van der Waals surface area contributed by atoms with Crippen molar-refractivity contribution in [1.29, 1.82) is 0 Å². The van der Waals surface area contributed by atoms with Crippen molar-refractivity contribution >= 4 is 26.7 Å². The molecule has 1 unspecified atom stereocenters. The Kier molecular flexibility index (Phi) is 5.00. The lowest BCUT2D eigenvalue weighted by Gasteiger charge is -2.29. The van der Waals surface area contributed by atoms with Crippen LogP contribution in [0.25, 0.3) is 0 Å². The Morgan fingerprint density at radius 1 is 1.45 bits per heavy atom. The van der Waals surface area contributed by atoms with Gasteiger partial charge in [-0.3, -0.25) is 0 Å². The predicted octanol–water partition coefficient (Wildman–Crippen LogP) is 1.81. The molecule has 2 rings (SSSR count). The second-order valence-corrected chi connectivity index (χ2v) is 7.81. The number of aromatic nitrogens is 1. The average molecular weight is 318 g/mol. The van der Waals surface area contributed by atoms with Crippen molar-refractivity contribution in [3.8, 4) is 0 Å². The number of piperidine rings is 1. The summed E-state index contributed by atoms with van der Waals surface area (Å²) in [6.45, 7) is 5.31. The first-order valence-electron chi connectivity index (χ1n) is 6.83. The van der Waals surface area contributed by atoms with E-state index in [1.165, 1.54) is 15.6 Å². The molecule has 1 aliphatic heterocycles. The first-order chi connectivity index (χ1) is 9.42. The fourth-order valence-electron chi connectivity index (χ4n) is 2.08. The second kappa shape index (κ2) is 6.38. The molecule has 0 aliphatic carbocycles. The summed E-state index contributed by atoms with van der Waals surface area (Å²) in [4.78, 5) is 4.32. The van der Waals surface area contributed by atoms with Gasteiger partial charge < -0.3 is 5.32 Å². The summed E-state index contributed by atoms with van der Waals surface area (Å²) in [5.41, 5.74) is 0.850. The maximum Gasteiger partial charge on any atom is 0.303 e. The van der Waals surface area contributed by atoms with Gasteiger partial charge in [0.05, 0.1) is 5.69 Å². The number of hydrogen-bond donors (Lipinski definition) is 2. The molecule has 0 saturated carbocycles. The van der Waals surface area contributed by atoms with Crippen LogP contribution in [0.1, 0.15) is 38.4 Å². The molecule has 1 fully saturated rings. The molecule has 114 valence electrons. The van der Waals surface area contributed by atoms with Crippen LogP contribution in [0.2, 0.25) is 0 Å². The van der Waals surface area contributed by atoms with Crippen LogP contribution in [0.5, 0.6) is 0 Å². The zero-order valence-electron chi connectivity index (χ0n) is 12.1. The van der Waals surface area contributed by atoms with Crippen LogP contribution >= 0.6 is 11.3 Å². The van der Waals surface area contributed by atoms with Crippen LogP contribution in [-0.2, 0) is 10.2 Å². The molecule has 8 heteroatoms. The van der Waals surface area contributed by atoms with E-state index in [1.54, 1.807) is 0 Å². The van der Waals surface area contributed by atoms with Crippen LogP contribution < -0.4 is 10.0 Å². The Bertz CT molecular complexity index is 535. The molecule has 6 nitrogen and oxygen atoms in total. The third kappa shape index (κ3) is 3.69. The van der Waals surface area contributed by atoms with Gasteiger partial charge in [0.1, 0.15) is 0 Å². The normalized spacial score (nSPS) is 19.9. The summed E-state index contributed by atoms with van der Waals surface area (Å²) in [7, 11) is -1.62. The van der Waals surface area contributed by atoms with E-state index < -0.39 is 10.2 Å². The standard InChI is InChI=1S/C12H22N4O2S2/c1-9-4-6-16(7-5-9)20(17,18)15-12-14-11(8-19-12)10(2)13-3/h8-10,13H,4-7H2,1-3H3,(H,14,15). The molecule has 2 heterocycles. The summed E-state index contributed by atoms with van der Waals surface area (Å²) < 4.78 is 28.6. The van der Waals surface area contributed by atoms with E-state index in [-0.39, 0.29) is 6.04 Å². The molecule has 0 amide bonds. The predicted molar refractivity (Wildman–Crippen MR) is 82.1 cm³/mol. The van der Waals surface area contributed by atoms with Gasteiger partial charge in [0.15, 0.2) is 5.13 Å². The van der Waals surface area contributed by atoms with E-state index >= 15 is 0 Å². The fourth-order valence-corrected chi connectivity index (χ4v) is 4.32. The first kappa shape index (κ1) is 15.7. The van der Waals surface area contributed by atoms with E-state index in [1.807, 2.05) is 19.4 Å². The molecule has 1 aromatic heterocycles. The number of nitrogens with zero attached hydrogens (tertiary/aromatic N) is 2. The summed E-state index contributed by atoms with van der Waals surface area (Å²) in [5, 5.41) is 5.39. The molecule has 20 heavy (non-hydrogen) atoms. The van der Waals surface area contributed by atoms with Crippen molar-refractivity contribution in [2.45, 2.75) is 32.7 Å². The molecule has 0 radical (unpaired) electrons. The molecular weight excluding hydrogens is 296 g/mol. The highest BCUT2D eigenvalue weighted by Gasteiger charge is 2.27. The lowest BCUT2D eigenvalue weighted by Crippen LogP contribution is -2.41. The fraction of sp³-hybridized carbons (Fsp3) is 0.750. The topological polar surface area (TPSA) is 74.3 Å². The van der Waals surface area contributed by atoms with Gasteiger partial charge in [-0.1, -0.05) is 6.92 Å². The summed E-state index contributed by atoms with van der Waals surface area (Å²) in [5.74, 6) is 0.601. The van der Waals surface area contributed by atoms with Crippen molar-refractivity contribution in [2.75, 3.05) is 24.9 Å². The minimum Gasteiger partial charge on any atom is -0.312 e. The number of thiazole rings is 1. The number of nitrogens with one attached hydrogen (secondary N) is 2. The van der Waals surface area contributed by atoms with Gasteiger partial charge in [-0.25, -0.2) is 9.71 Å².